The maximum atomic E-state index is 13.7. The first kappa shape index (κ1) is 21.9. The highest BCUT2D eigenvalue weighted by Crippen LogP contribution is 2.26. The molecule has 170 valence electrons. The van der Waals surface area contributed by atoms with Crippen LogP contribution in [0.5, 0.6) is 0 Å². The summed E-state index contributed by atoms with van der Waals surface area (Å²) in [5, 5.41) is 8.96. The zero-order chi connectivity index (χ0) is 24.0. The van der Waals surface area contributed by atoms with E-state index in [0.29, 0.717) is 44.1 Å². The first-order valence-electron chi connectivity index (χ1n) is 10.9. The number of aryl methyl sites for hydroxylation is 2. The van der Waals surface area contributed by atoms with Crippen molar-refractivity contribution in [1.29, 1.82) is 0 Å². The number of carbonyl (C=O) groups excluding carboxylic acids is 1. The highest BCUT2D eigenvalue weighted by Gasteiger charge is 2.23. The van der Waals surface area contributed by atoms with Crippen LogP contribution in [0.4, 0.5) is 0 Å². The molecule has 3 heterocycles. The van der Waals surface area contributed by atoms with Crippen molar-refractivity contribution in [3.63, 3.8) is 0 Å². The van der Waals surface area contributed by atoms with Crippen LogP contribution >= 0.6 is 11.6 Å². The van der Waals surface area contributed by atoms with Crippen molar-refractivity contribution in [2.24, 2.45) is 0 Å². The van der Waals surface area contributed by atoms with Gasteiger partial charge in [-0.05, 0) is 62.1 Å². The summed E-state index contributed by atoms with van der Waals surface area (Å²) in [6, 6.07) is 16.2. The first-order valence-corrected chi connectivity index (χ1v) is 11.2. The van der Waals surface area contributed by atoms with Crippen molar-refractivity contribution in [3.05, 3.63) is 105 Å². The monoisotopic (exact) mass is 471 g/mol. The molecule has 5 rings (SSSR count). The quantitative estimate of drug-likeness (QED) is 0.408. The van der Waals surface area contributed by atoms with Crippen LogP contribution in [0.3, 0.4) is 0 Å². The zero-order valence-corrected chi connectivity index (χ0v) is 19.7. The number of nitrogens with zero attached hydrogens (tertiary/aromatic N) is 4. The normalized spacial score (nSPS) is 12.2. The number of hydrogen-bond donors (Lipinski definition) is 1. The maximum Gasteiger partial charge on any atom is 0.264 e. The fraction of sp³-hybridized carbons (Fsp3) is 0.154. The highest BCUT2D eigenvalue weighted by molar-refractivity contribution is 6.35. The Morgan fingerprint density at radius 3 is 2.68 bits per heavy atom. The second kappa shape index (κ2) is 8.43. The topological polar surface area (TPSA) is 81.3 Å². The molecule has 34 heavy (non-hydrogen) atoms. The van der Waals surface area contributed by atoms with Gasteiger partial charge in [-0.25, -0.2) is 9.50 Å². The number of fused-ring (bicyclic) bond motifs is 2. The fourth-order valence-electron chi connectivity index (χ4n) is 4.30. The van der Waals surface area contributed by atoms with Gasteiger partial charge in [-0.2, -0.15) is 5.10 Å². The van der Waals surface area contributed by atoms with Crippen LogP contribution in [0.2, 0.25) is 5.02 Å². The van der Waals surface area contributed by atoms with Gasteiger partial charge in [-0.1, -0.05) is 35.9 Å². The van der Waals surface area contributed by atoms with Crippen LogP contribution in [0.1, 0.15) is 40.3 Å². The molecule has 0 spiro atoms. The predicted octanol–water partition coefficient (Wildman–Crippen LogP) is 4.79. The van der Waals surface area contributed by atoms with Gasteiger partial charge in [-0.3, -0.25) is 14.2 Å². The molecule has 0 aliphatic heterocycles. The molecule has 0 radical (unpaired) electrons. The highest BCUT2D eigenvalue weighted by atomic mass is 35.5. The number of aromatic nitrogens is 4. The largest absolute Gasteiger partial charge is 0.344 e. The van der Waals surface area contributed by atoms with Gasteiger partial charge in [0, 0.05) is 23.8 Å². The van der Waals surface area contributed by atoms with Gasteiger partial charge >= 0.3 is 0 Å². The standard InChI is InChI=1S/C26H22ClN5O2/c1-15-7-4-9-19(13-15)32-21(14-18-8-5-10-20(27)23(18)26(32)34)16(2)29-25(33)22-17(3)30-31-12-6-11-28-24(22)31/h4-14,16H,1-3H3,(H,29,33)/t16-/m0/s1. The lowest BCUT2D eigenvalue weighted by molar-refractivity contribution is 0.0939. The third-order valence-electron chi connectivity index (χ3n) is 5.87. The van der Waals surface area contributed by atoms with Crippen LogP contribution in [-0.4, -0.2) is 25.1 Å². The molecule has 1 N–H and O–H groups in total. The lowest BCUT2D eigenvalue weighted by Gasteiger charge is -2.21. The van der Waals surface area contributed by atoms with Crippen molar-refractivity contribution in [1.82, 2.24) is 24.5 Å². The Kier molecular flexibility index (Phi) is 5.42. The Bertz CT molecular complexity index is 1640. The van der Waals surface area contributed by atoms with Crippen molar-refractivity contribution >= 4 is 33.9 Å². The molecule has 0 saturated carbocycles. The molecule has 2 aromatic carbocycles. The zero-order valence-electron chi connectivity index (χ0n) is 18.9. The summed E-state index contributed by atoms with van der Waals surface area (Å²) in [5.74, 6) is -0.312. The van der Waals surface area contributed by atoms with Crippen LogP contribution in [0.15, 0.2) is 71.8 Å². The van der Waals surface area contributed by atoms with Gasteiger partial charge in [0.15, 0.2) is 5.65 Å². The van der Waals surface area contributed by atoms with Gasteiger partial charge in [0.25, 0.3) is 11.5 Å². The molecule has 5 aromatic rings. The van der Waals surface area contributed by atoms with Gasteiger partial charge in [0.2, 0.25) is 0 Å². The smallest absolute Gasteiger partial charge is 0.264 e. The minimum atomic E-state index is -0.498. The summed E-state index contributed by atoms with van der Waals surface area (Å²) in [4.78, 5) is 31.3. The number of amides is 1. The molecule has 3 aromatic heterocycles. The molecular formula is C26H22ClN5O2. The summed E-state index contributed by atoms with van der Waals surface area (Å²) in [5.41, 5.74) is 3.58. The summed E-state index contributed by atoms with van der Waals surface area (Å²) >= 11 is 6.41. The number of carbonyl (C=O) groups is 1. The molecule has 1 atom stereocenters. The Hall–Kier alpha value is -3.97. The number of halogens is 1. The molecule has 0 aliphatic carbocycles. The van der Waals surface area contributed by atoms with Crippen LogP contribution in [0.25, 0.3) is 22.1 Å². The molecule has 0 unspecified atom stereocenters. The van der Waals surface area contributed by atoms with Crippen molar-refractivity contribution in [3.8, 4) is 5.69 Å². The predicted molar refractivity (Wildman–Crippen MR) is 133 cm³/mol. The second-order valence-corrected chi connectivity index (χ2v) is 8.70. The summed E-state index contributed by atoms with van der Waals surface area (Å²) in [6.45, 7) is 5.59. The minimum Gasteiger partial charge on any atom is -0.344 e. The molecule has 0 saturated heterocycles. The third-order valence-corrected chi connectivity index (χ3v) is 6.19. The Balaban J connectivity index is 1.65. The molecule has 0 aliphatic rings. The SMILES string of the molecule is Cc1cccc(-n2c([C@H](C)NC(=O)c3c(C)nn4cccnc34)cc3cccc(Cl)c3c2=O)c1. The Labute approximate surface area is 200 Å². The van der Waals surface area contributed by atoms with E-state index in [-0.39, 0.29) is 11.5 Å². The average Bonchev–Trinajstić information content (AvgIpc) is 3.14. The lowest BCUT2D eigenvalue weighted by atomic mass is 10.1. The minimum absolute atomic E-state index is 0.237. The Morgan fingerprint density at radius 1 is 1.09 bits per heavy atom. The Morgan fingerprint density at radius 2 is 1.88 bits per heavy atom. The first-order chi connectivity index (χ1) is 16.3. The van der Waals surface area contributed by atoms with Crippen LogP contribution in [0, 0.1) is 13.8 Å². The molecule has 0 bridgehead atoms. The van der Waals surface area contributed by atoms with E-state index in [2.05, 4.69) is 15.4 Å². The average molecular weight is 472 g/mol. The van der Waals surface area contributed by atoms with Gasteiger partial charge in [-0.15, -0.1) is 0 Å². The molecular weight excluding hydrogens is 450 g/mol. The van der Waals surface area contributed by atoms with E-state index in [0.717, 1.165) is 5.56 Å². The van der Waals surface area contributed by atoms with E-state index in [4.69, 9.17) is 11.6 Å². The van der Waals surface area contributed by atoms with E-state index in [1.807, 2.05) is 56.3 Å². The molecule has 1 amide bonds. The molecule has 8 heteroatoms. The van der Waals surface area contributed by atoms with E-state index < -0.39 is 6.04 Å². The van der Waals surface area contributed by atoms with Crippen LogP contribution in [-0.2, 0) is 0 Å². The molecule has 0 fully saturated rings. The van der Waals surface area contributed by atoms with E-state index in [1.54, 1.807) is 40.5 Å². The summed E-state index contributed by atoms with van der Waals surface area (Å²) < 4.78 is 3.20. The van der Waals surface area contributed by atoms with Gasteiger partial charge in [0.05, 0.1) is 22.1 Å². The second-order valence-electron chi connectivity index (χ2n) is 8.30. The lowest BCUT2D eigenvalue weighted by Crippen LogP contribution is -2.32. The van der Waals surface area contributed by atoms with Crippen LogP contribution < -0.4 is 10.9 Å². The van der Waals surface area contributed by atoms with E-state index >= 15 is 0 Å². The molecule has 7 nitrogen and oxygen atoms in total. The van der Waals surface area contributed by atoms with Gasteiger partial charge in [0.1, 0.15) is 5.56 Å². The number of pyridine rings is 1. The maximum absolute atomic E-state index is 13.7. The van der Waals surface area contributed by atoms with Crippen molar-refractivity contribution in [2.45, 2.75) is 26.8 Å². The number of benzene rings is 2. The third kappa shape index (κ3) is 3.64. The number of nitrogens with one attached hydrogen (secondary N) is 1. The fourth-order valence-corrected chi connectivity index (χ4v) is 4.56. The van der Waals surface area contributed by atoms with Crippen molar-refractivity contribution in [2.75, 3.05) is 0 Å². The number of hydrogen-bond acceptors (Lipinski definition) is 4. The van der Waals surface area contributed by atoms with E-state index in [9.17, 15) is 9.59 Å². The van der Waals surface area contributed by atoms with Crippen molar-refractivity contribution < 1.29 is 4.79 Å². The summed E-state index contributed by atoms with van der Waals surface area (Å²) in [7, 11) is 0. The van der Waals surface area contributed by atoms with E-state index in [1.165, 1.54) is 0 Å². The summed E-state index contributed by atoms with van der Waals surface area (Å²) in [6.07, 6.45) is 3.37. The van der Waals surface area contributed by atoms with Gasteiger partial charge < -0.3 is 5.32 Å². The number of rotatable bonds is 4.